The first kappa shape index (κ1) is 12.2. The summed E-state index contributed by atoms with van der Waals surface area (Å²) in [4.78, 5) is 18.8. The standard InChI is InChI=1S/C13H11FN2O2/c1-8-15-11(7-12(16-8)13(17)18)6-9-2-4-10(14)5-3-9/h2-5,7H,6H2,1H3,(H,17,18). The molecular weight excluding hydrogens is 235 g/mol. The van der Waals surface area contributed by atoms with Crippen molar-refractivity contribution in [3.05, 3.63) is 58.9 Å². The van der Waals surface area contributed by atoms with Crippen molar-refractivity contribution in [3.8, 4) is 0 Å². The fraction of sp³-hybridized carbons (Fsp3) is 0.154. The summed E-state index contributed by atoms with van der Waals surface area (Å²) in [7, 11) is 0. The molecule has 18 heavy (non-hydrogen) atoms. The molecule has 0 amide bonds. The molecule has 0 bridgehead atoms. The number of hydrogen-bond donors (Lipinski definition) is 1. The van der Waals surface area contributed by atoms with Gasteiger partial charge in [-0.05, 0) is 30.7 Å². The minimum Gasteiger partial charge on any atom is -0.477 e. The van der Waals surface area contributed by atoms with Gasteiger partial charge in [-0.25, -0.2) is 19.2 Å². The van der Waals surface area contributed by atoms with Crippen molar-refractivity contribution >= 4 is 5.97 Å². The van der Waals surface area contributed by atoms with Crippen LogP contribution in [-0.4, -0.2) is 21.0 Å². The summed E-state index contributed by atoms with van der Waals surface area (Å²) < 4.78 is 12.8. The maximum absolute atomic E-state index is 12.8. The van der Waals surface area contributed by atoms with Crippen molar-refractivity contribution in [2.45, 2.75) is 13.3 Å². The predicted molar refractivity (Wildman–Crippen MR) is 62.9 cm³/mol. The molecule has 4 nitrogen and oxygen atoms in total. The van der Waals surface area contributed by atoms with E-state index in [-0.39, 0.29) is 11.5 Å². The second kappa shape index (κ2) is 4.91. The summed E-state index contributed by atoms with van der Waals surface area (Å²) in [6.07, 6.45) is 0.448. The Morgan fingerprint density at radius 2 is 1.94 bits per heavy atom. The third-order valence-corrected chi connectivity index (χ3v) is 2.41. The minimum atomic E-state index is -1.08. The van der Waals surface area contributed by atoms with Crippen LogP contribution in [0.4, 0.5) is 4.39 Å². The Kier molecular flexibility index (Phi) is 3.32. The molecule has 0 unspecified atom stereocenters. The van der Waals surface area contributed by atoms with Gasteiger partial charge in [0.25, 0.3) is 0 Å². The lowest BCUT2D eigenvalue weighted by Crippen LogP contribution is -2.06. The Hall–Kier alpha value is -2.30. The smallest absolute Gasteiger partial charge is 0.354 e. The fourth-order valence-corrected chi connectivity index (χ4v) is 1.64. The van der Waals surface area contributed by atoms with Gasteiger partial charge in [0.05, 0.1) is 0 Å². The fourth-order valence-electron chi connectivity index (χ4n) is 1.64. The largest absolute Gasteiger partial charge is 0.477 e. The van der Waals surface area contributed by atoms with E-state index in [4.69, 9.17) is 5.11 Å². The van der Waals surface area contributed by atoms with E-state index in [1.54, 1.807) is 19.1 Å². The number of aryl methyl sites for hydroxylation is 1. The average molecular weight is 246 g/mol. The molecule has 0 saturated carbocycles. The van der Waals surface area contributed by atoms with Crippen LogP contribution < -0.4 is 0 Å². The van der Waals surface area contributed by atoms with E-state index in [1.165, 1.54) is 18.2 Å². The second-order valence-electron chi connectivity index (χ2n) is 3.90. The number of rotatable bonds is 3. The minimum absolute atomic E-state index is 0.0281. The Morgan fingerprint density at radius 3 is 2.56 bits per heavy atom. The van der Waals surface area contributed by atoms with Gasteiger partial charge in [0.1, 0.15) is 11.6 Å². The molecule has 0 saturated heterocycles. The van der Waals surface area contributed by atoms with Crippen molar-refractivity contribution in [2.24, 2.45) is 0 Å². The van der Waals surface area contributed by atoms with Gasteiger partial charge in [-0.2, -0.15) is 0 Å². The first-order valence-corrected chi connectivity index (χ1v) is 5.37. The molecule has 0 aliphatic rings. The van der Waals surface area contributed by atoms with E-state index < -0.39 is 5.97 Å². The molecule has 5 heteroatoms. The Labute approximate surface area is 103 Å². The van der Waals surface area contributed by atoms with Gasteiger partial charge in [-0.1, -0.05) is 12.1 Å². The molecular formula is C13H11FN2O2. The number of aromatic nitrogens is 2. The van der Waals surface area contributed by atoms with Crippen LogP contribution in [0.25, 0.3) is 0 Å². The lowest BCUT2D eigenvalue weighted by Gasteiger charge is -2.04. The molecule has 0 aliphatic carbocycles. The van der Waals surface area contributed by atoms with Gasteiger partial charge in [0.15, 0.2) is 5.69 Å². The van der Waals surface area contributed by atoms with Crippen LogP contribution in [0.5, 0.6) is 0 Å². The highest BCUT2D eigenvalue weighted by molar-refractivity contribution is 5.85. The highest BCUT2D eigenvalue weighted by atomic mass is 19.1. The van der Waals surface area contributed by atoms with Gasteiger partial charge in [0, 0.05) is 12.1 Å². The summed E-state index contributed by atoms with van der Waals surface area (Å²) in [6, 6.07) is 7.45. The third kappa shape index (κ3) is 2.88. The average Bonchev–Trinajstić information content (AvgIpc) is 2.31. The van der Waals surface area contributed by atoms with Crippen LogP contribution in [0, 0.1) is 12.7 Å². The highest BCUT2D eigenvalue weighted by Gasteiger charge is 2.08. The van der Waals surface area contributed by atoms with E-state index in [0.29, 0.717) is 17.9 Å². The highest BCUT2D eigenvalue weighted by Crippen LogP contribution is 2.10. The van der Waals surface area contributed by atoms with E-state index in [1.807, 2.05) is 0 Å². The number of benzene rings is 1. The van der Waals surface area contributed by atoms with Crippen LogP contribution in [0.2, 0.25) is 0 Å². The summed E-state index contributed by atoms with van der Waals surface area (Å²) in [5.74, 6) is -0.975. The number of carbonyl (C=O) groups is 1. The summed E-state index contributed by atoms with van der Waals surface area (Å²) in [6.45, 7) is 1.64. The SMILES string of the molecule is Cc1nc(Cc2ccc(F)cc2)cc(C(=O)O)n1. The van der Waals surface area contributed by atoms with Gasteiger partial charge in [0.2, 0.25) is 0 Å². The molecule has 0 fully saturated rings. The van der Waals surface area contributed by atoms with Crippen LogP contribution >= 0.6 is 0 Å². The molecule has 0 atom stereocenters. The first-order valence-electron chi connectivity index (χ1n) is 5.37. The molecule has 92 valence electrons. The summed E-state index contributed by atoms with van der Waals surface area (Å²) in [5, 5.41) is 8.90. The van der Waals surface area contributed by atoms with Crippen molar-refractivity contribution in [3.63, 3.8) is 0 Å². The molecule has 2 rings (SSSR count). The normalized spacial score (nSPS) is 10.3. The van der Waals surface area contributed by atoms with Gasteiger partial charge in [-0.15, -0.1) is 0 Å². The maximum Gasteiger partial charge on any atom is 0.354 e. The molecule has 0 spiro atoms. The second-order valence-corrected chi connectivity index (χ2v) is 3.90. The number of hydrogen-bond acceptors (Lipinski definition) is 3. The molecule has 0 aliphatic heterocycles. The van der Waals surface area contributed by atoms with E-state index >= 15 is 0 Å². The molecule has 2 aromatic rings. The predicted octanol–water partition coefficient (Wildman–Crippen LogP) is 2.21. The van der Waals surface area contributed by atoms with Crippen LogP contribution in [0.3, 0.4) is 0 Å². The summed E-state index contributed by atoms with van der Waals surface area (Å²) >= 11 is 0. The van der Waals surface area contributed by atoms with E-state index in [2.05, 4.69) is 9.97 Å². The quantitative estimate of drug-likeness (QED) is 0.901. The van der Waals surface area contributed by atoms with E-state index in [0.717, 1.165) is 5.56 Å². The van der Waals surface area contributed by atoms with E-state index in [9.17, 15) is 9.18 Å². The topological polar surface area (TPSA) is 63.1 Å². The van der Waals surface area contributed by atoms with Crippen molar-refractivity contribution in [2.75, 3.05) is 0 Å². The molecule has 1 N–H and O–H groups in total. The zero-order valence-electron chi connectivity index (χ0n) is 9.72. The number of halogens is 1. The Balaban J connectivity index is 2.28. The van der Waals surface area contributed by atoms with Crippen LogP contribution in [-0.2, 0) is 6.42 Å². The first-order chi connectivity index (χ1) is 8.54. The zero-order valence-corrected chi connectivity index (χ0v) is 9.72. The molecule has 0 radical (unpaired) electrons. The number of nitrogens with zero attached hydrogens (tertiary/aromatic N) is 2. The number of carboxylic acids is 1. The van der Waals surface area contributed by atoms with Crippen LogP contribution in [0.15, 0.2) is 30.3 Å². The van der Waals surface area contributed by atoms with Gasteiger partial charge < -0.3 is 5.11 Å². The molecule has 1 heterocycles. The van der Waals surface area contributed by atoms with Gasteiger partial charge >= 0.3 is 5.97 Å². The summed E-state index contributed by atoms with van der Waals surface area (Å²) in [5.41, 5.74) is 1.44. The Morgan fingerprint density at radius 1 is 1.28 bits per heavy atom. The van der Waals surface area contributed by atoms with Gasteiger partial charge in [-0.3, -0.25) is 0 Å². The van der Waals surface area contributed by atoms with Crippen LogP contribution in [0.1, 0.15) is 27.6 Å². The Bertz CT molecular complexity index is 582. The van der Waals surface area contributed by atoms with Crippen molar-refractivity contribution in [1.82, 2.24) is 9.97 Å². The van der Waals surface area contributed by atoms with Crippen molar-refractivity contribution < 1.29 is 14.3 Å². The number of carboxylic acid groups (broad SMARTS) is 1. The molecule has 1 aromatic carbocycles. The monoisotopic (exact) mass is 246 g/mol. The van der Waals surface area contributed by atoms with Crippen molar-refractivity contribution in [1.29, 1.82) is 0 Å². The number of aromatic carboxylic acids is 1. The maximum atomic E-state index is 12.8. The lowest BCUT2D eigenvalue weighted by atomic mass is 10.1. The third-order valence-electron chi connectivity index (χ3n) is 2.41. The zero-order chi connectivity index (χ0) is 13.1. The molecule has 1 aromatic heterocycles. The lowest BCUT2D eigenvalue weighted by molar-refractivity contribution is 0.0689.